The molecule has 0 aliphatic heterocycles. The SMILES string of the molecule is CCC(=O)c1cc(C(=O)N[C@H](c2ccc(C)cc2)C2CC2)ccc1F. The number of halogens is 1. The van der Waals surface area contributed by atoms with Crippen LogP contribution < -0.4 is 5.32 Å². The maximum atomic E-state index is 13.8. The molecule has 4 heteroatoms. The van der Waals surface area contributed by atoms with Gasteiger partial charge in [0, 0.05) is 12.0 Å². The van der Waals surface area contributed by atoms with Crippen molar-refractivity contribution >= 4 is 11.7 Å². The van der Waals surface area contributed by atoms with Gasteiger partial charge in [0.25, 0.3) is 5.91 Å². The van der Waals surface area contributed by atoms with Crippen molar-refractivity contribution in [3.8, 4) is 0 Å². The van der Waals surface area contributed by atoms with Crippen molar-refractivity contribution in [3.63, 3.8) is 0 Å². The monoisotopic (exact) mass is 339 g/mol. The van der Waals surface area contributed by atoms with E-state index in [1.807, 2.05) is 31.2 Å². The number of rotatable bonds is 6. The molecule has 1 saturated carbocycles. The molecule has 2 aromatic rings. The molecule has 0 saturated heterocycles. The molecule has 25 heavy (non-hydrogen) atoms. The quantitative estimate of drug-likeness (QED) is 0.781. The van der Waals surface area contributed by atoms with Crippen LogP contribution in [0.3, 0.4) is 0 Å². The lowest BCUT2D eigenvalue weighted by molar-refractivity contribution is 0.0931. The number of nitrogens with one attached hydrogen (secondary N) is 1. The Morgan fingerprint density at radius 3 is 2.44 bits per heavy atom. The molecule has 130 valence electrons. The van der Waals surface area contributed by atoms with Crippen molar-refractivity contribution in [1.29, 1.82) is 0 Å². The van der Waals surface area contributed by atoms with E-state index in [-0.39, 0.29) is 29.7 Å². The normalized spacial score (nSPS) is 14.8. The van der Waals surface area contributed by atoms with Gasteiger partial charge in [-0.3, -0.25) is 9.59 Å². The zero-order valence-electron chi connectivity index (χ0n) is 14.5. The number of carbonyl (C=O) groups is 2. The summed E-state index contributed by atoms with van der Waals surface area (Å²) in [5.74, 6) is -0.725. The highest BCUT2D eigenvalue weighted by atomic mass is 19.1. The van der Waals surface area contributed by atoms with Crippen molar-refractivity contribution in [2.75, 3.05) is 0 Å². The highest BCUT2D eigenvalue weighted by Gasteiger charge is 2.33. The summed E-state index contributed by atoms with van der Waals surface area (Å²) in [7, 11) is 0. The fourth-order valence-corrected chi connectivity index (χ4v) is 2.97. The molecule has 3 nitrogen and oxygen atoms in total. The van der Waals surface area contributed by atoms with E-state index in [9.17, 15) is 14.0 Å². The van der Waals surface area contributed by atoms with Gasteiger partial charge in [0.2, 0.25) is 0 Å². The van der Waals surface area contributed by atoms with Gasteiger partial charge in [-0.15, -0.1) is 0 Å². The highest BCUT2D eigenvalue weighted by Crippen LogP contribution is 2.41. The van der Waals surface area contributed by atoms with Crippen LogP contribution in [0.25, 0.3) is 0 Å². The number of hydrogen-bond acceptors (Lipinski definition) is 2. The van der Waals surface area contributed by atoms with Crippen molar-refractivity contribution in [2.24, 2.45) is 5.92 Å². The van der Waals surface area contributed by atoms with Gasteiger partial charge < -0.3 is 5.32 Å². The van der Waals surface area contributed by atoms with Crippen LogP contribution in [0.5, 0.6) is 0 Å². The van der Waals surface area contributed by atoms with Crippen LogP contribution in [0, 0.1) is 18.7 Å². The topological polar surface area (TPSA) is 46.2 Å². The predicted octanol–water partition coefficient (Wildman–Crippen LogP) is 4.61. The van der Waals surface area contributed by atoms with Crippen molar-refractivity contribution in [2.45, 2.75) is 39.2 Å². The first-order valence-electron chi connectivity index (χ1n) is 8.69. The van der Waals surface area contributed by atoms with Gasteiger partial charge in [-0.2, -0.15) is 0 Å². The van der Waals surface area contributed by atoms with Crippen LogP contribution in [-0.2, 0) is 0 Å². The second-order valence-electron chi connectivity index (χ2n) is 6.67. The van der Waals surface area contributed by atoms with Gasteiger partial charge in [0.1, 0.15) is 5.82 Å². The molecule has 2 aromatic carbocycles. The predicted molar refractivity (Wildman–Crippen MR) is 95.1 cm³/mol. The summed E-state index contributed by atoms with van der Waals surface area (Å²) in [6, 6.07) is 12.1. The Bertz CT molecular complexity index is 794. The number of ketones is 1. The third kappa shape index (κ3) is 3.95. The molecular formula is C21H22FNO2. The van der Waals surface area contributed by atoms with Crippen molar-refractivity contribution in [3.05, 3.63) is 70.5 Å². The number of aryl methyl sites for hydroxylation is 1. The molecule has 0 bridgehead atoms. The van der Waals surface area contributed by atoms with E-state index < -0.39 is 5.82 Å². The lowest BCUT2D eigenvalue weighted by atomic mass is 10.00. The Balaban J connectivity index is 1.82. The van der Waals surface area contributed by atoms with Gasteiger partial charge in [-0.1, -0.05) is 36.8 Å². The second kappa shape index (κ2) is 7.18. The van der Waals surface area contributed by atoms with Crippen LogP contribution in [0.1, 0.15) is 64.1 Å². The number of amides is 1. The molecular weight excluding hydrogens is 317 g/mol. The standard InChI is InChI=1S/C21H22FNO2/c1-3-19(24)17-12-16(10-11-18(17)22)21(25)23-20(15-8-9-15)14-6-4-13(2)5-7-14/h4-7,10-12,15,20H,3,8-9H2,1-2H3,(H,23,25)/t20-/m1/s1. The fourth-order valence-electron chi connectivity index (χ4n) is 2.97. The first kappa shape index (κ1) is 17.3. The van der Waals surface area contributed by atoms with Crippen LogP contribution in [0.4, 0.5) is 4.39 Å². The second-order valence-corrected chi connectivity index (χ2v) is 6.67. The molecule has 1 N–H and O–H groups in total. The summed E-state index contributed by atoms with van der Waals surface area (Å²) in [5, 5.41) is 3.06. The Labute approximate surface area is 147 Å². The van der Waals surface area contributed by atoms with E-state index >= 15 is 0 Å². The maximum Gasteiger partial charge on any atom is 0.251 e. The molecule has 0 unspecified atom stereocenters. The molecule has 3 rings (SSSR count). The van der Waals surface area contributed by atoms with Gasteiger partial charge in [0.05, 0.1) is 11.6 Å². The summed E-state index contributed by atoms with van der Waals surface area (Å²) in [6.45, 7) is 3.70. The third-order valence-electron chi connectivity index (χ3n) is 4.67. The molecule has 1 aliphatic rings. The van der Waals surface area contributed by atoms with E-state index in [0.717, 1.165) is 18.4 Å². The molecule has 0 spiro atoms. The van der Waals surface area contributed by atoms with Crippen LogP contribution in [0.2, 0.25) is 0 Å². The number of Topliss-reactive ketones (excluding diaryl/α,β-unsaturated/α-hetero) is 1. The maximum absolute atomic E-state index is 13.8. The van der Waals surface area contributed by atoms with Crippen LogP contribution in [-0.4, -0.2) is 11.7 Å². The Morgan fingerprint density at radius 2 is 1.84 bits per heavy atom. The highest BCUT2D eigenvalue weighted by molar-refractivity contribution is 6.00. The molecule has 0 aromatic heterocycles. The fraction of sp³-hybridized carbons (Fsp3) is 0.333. The van der Waals surface area contributed by atoms with E-state index in [2.05, 4.69) is 5.32 Å². The Morgan fingerprint density at radius 1 is 1.16 bits per heavy atom. The summed E-state index contributed by atoms with van der Waals surface area (Å²) in [6.07, 6.45) is 2.37. The van der Waals surface area contributed by atoms with Crippen molar-refractivity contribution in [1.82, 2.24) is 5.32 Å². The molecule has 1 atom stereocenters. The van der Waals surface area contributed by atoms with E-state index in [1.54, 1.807) is 6.92 Å². The Hall–Kier alpha value is -2.49. The minimum Gasteiger partial charge on any atom is -0.345 e. The smallest absolute Gasteiger partial charge is 0.251 e. The minimum atomic E-state index is -0.583. The Kier molecular flexibility index (Phi) is 4.98. The average molecular weight is 339 g/mol. The molecule has 1 fully saturated rings. The van der Waals surface area contributed by atoms with E-state index in [4.69, 9.17) is 0 Å². The minimum absolute atomic E-state index is 0.0199. The number of carbonyl (C=O) groups excluding carboxylic acids is 2. The third-order valence-corrected chi connectivity index (χ3v) is 4.67. The van der Waals surface area contributed by atoms with Gasteiger partial charge in [-0.25, -0.2) is 4.39 Å². The number of hydrogen-bond donors (Lipinski definition) is 1. The zero-order chi connectivity index (χ0) is 18.0. The van der Waals surface area contributed by atoms with Crippen LogP contribution in [0.15, 0.2) is 42.5 Å². The first-order valence-corrected chi connectivity index (χ1v) is 8.69. The van der Waals surface area contributed by atoms with E-state index in [0.29, 0.717) is 11.5 Å². The van der Waals surface area contributed by atoms with E-state index in [1.165, 1.54) is 23.8 Å². The van der Waals surface area contributed by atoms with Crippen molar-refractivity contribution < 1.29 is 14.0 Å². The summed E-state index contributed by atoms with van der Waals surface area (Å²) in [4.78, 5) is 24.5. The summed E-state index contributed by atoms with van der Waals surface area (Å²) in [5.41, 5.74) is 2.55. The summed E-state index contributed by atoms with van der Waals surface area (Å²) < 4.78 is 13.8. The summed E-state index contributed by atoms with van der Waals surface area (Å²) >= 11 is 0. The average Bonchev–Trinajstić information content (AvgIpc) is 3.45. The van der Waals surface area contributed by atoms with Gasteiger partial charge >= 0.3 is 0 Å². The largest absolute Gasteiger partial charge is 0.345 e. The molecule has 0 heterocycles. The zero-order valence-corrected chi connectivity index (χ0v) is 14.5. The molecule has 1 aliphatic carbocycles. The molecule has 0 radical (unpaired) electrons. The lowest BCUT2D eigenvalue weighted by Gasteiger charge is -2.19. The lowest BCUT2D eigenvalue weighted by Crippen LogP contribution is -2.30. The molecule has 1 amide bonds. The van der Waals surface area contributed by atoms with Gasteiger partial charge in [-0.05, 0) is 49.4 Å². The van der Waals surface area contributed by atoms with Crippen LogP contribution >= 0.6 is 0 Å². The first-order chi connectivity index (χ1) is 12.0. The van der Waals surface area contributed by atoms with Gasteiger partial charge in [0.15, 0.2) is 5.78 Å². The number of benzene rings is 2.